The standard InChI is InChI=1S/C19H30N4O/c1-5-22(6-2)12-8-7-11-20-18(24)14-17-16(4)21-19-15(3)10-9-13-23(17)19/h9-10,13H,5-8,11-12,14H2,1-4H3,(H,20,24). The predicted octanol–water partition coefficient (Wildman–Crippen LogP) is 2.73. The molecule has 5 heteroatoms. The number of rotatable bonds is 9. The molecule has 132 valence electrons. The monoisotopic (exact) mass is 330 g/mol. The highest BCUT2D eigenvalue weighted by atomic mass is 16.1. The number of nitrogens with one attached hydrogen (secondary N) is 1. The van der Waals surface area contributed by atoms with Crippen molar-refractivity contribution in [2.24, 2.45) is 0 Å². The number of nitrogens with zero attached hydrogens (tertiary/aromatic N) is 3. The number of unbranched alkanes of at least 4 members (excludes halogenated alkanes) is 1. The lowest BCUT2D eigenvalue weighted by Gasteiger charge is -2.17. The van der Waals surface area contributed by atoms with Gasteiger partial charge in [0.25, 0.3) is 0 Å². The number of amides is 1. The van der Waals surface area contributed by atoms with Crippen LogP contribution in [-0.4, -0.2) is 46.4 Å². The maximum atomic E-state index is 12.2. The van der Waals surface area contributed by atoms with E-state index in [2.05, 4.69) is 29.0 Å². The molecule has 0 bridgehead atoms. The molecule has 0 unspecified atom stereocenters. The first-order chi connectivity index (χ1) is 11.6. The van der Waals surface area contributed by atoms with Gasteiger partial charge in [-0.1, -0.05) is 19.9 Å². The third-order valence-electron chi connectivity index (χ3n) is 4.59. The second-order valence-electron chi connectivity index (χ2n) is 6.29. The molecule has 2 aromatic rings. The minimum Gasteiger partial charge on any atom is -0.356 e. The number of hydrogen-bond donors (Lipinski definition) is 1. The number of aromatic nitrogens is 2. The summed E-state index contributed by atoms with van der Waals surface area (Å²) in [6, 6.07) is 4.04. The van der Waals surface area contributed by atoms with Crippen LogP contribution in [0.5, 0.6) is 0 Å². The van der Waals surface area contributed by atoms with Crippen molar-refractivity contribution < 1.29 is 4.79 Å². The van der Waals surface area contributed by atoms with Gasteiger partial charge in [0.2, 0.25) is 5.91 Å². The van der Waals surface area contributed by atoms with Crippen molar-refractivity contribution in [1.29, 1.82) is 0 Å². The number of hydrogen-bond acceptors (Lipinski definition) is 3. The molecule has 0 radical (unpaired) electrons. The molecule has 0 aliphatic carbocycles. The molecule has 0 atom stereocenters. The maximum absolute atomic E-state index is 12.2. The van der Waals surface area contributed by atoms with Crippen molar-refractivity contribution in [2.75, 3.05) is 26.2 Å². The second kappa shape index (κ2) is 8.83. The van der Waals surface area contributed by atoms with Gasteiger partial charge in [-0.2, -0.15) is 0 Å². The largest absolute Gasteiger partial charge is 0.356 e. The van der Waals surface area contributed by atoms with Crippen molar-refractivity contribution in [3.05, 3.63) is 35.3 Å². The summed E-state index contributed by atoms with van der Waals surface area (Å²) in [5.41, 5.74) is 3.98. The van der Waals surface area contributed by atoms with E-state index in [-0.39, 0.29) is 5.91 Å². The smallest absolute Gasteiger partial charge is 0.226 e. The van der Waals surface area contributed by atoms with Crippen LogP contribution < -0.4 is 5.32 Å². The lowest BCUT2D eigenvalue weighted by molar-refractivity contribution is -0.120. The third-order valence-corrected chi connectivity index (χ3v) is 4.59. The molecule has 0 spiro atoms. The van der Waals surface area contributed by atoms with E-state index < -0.39 is 0 Å². The van der Waals surface area contributed by atoms with Crippen LogP contribution in [0.2, 0.25) is 0 Å². The number of pyridine rings is 1. The lowest BCUT2D eigenvalue weighted by atomic mass is 10.2. The van der Waals surface area contributed by atoms with Gasteiger partial charge in [-0.25, -0.2) is 4.98 Å². The van der Waals surface area contributed by atoms with Crippen LogP contribution >= 0.6 is 0 Å². The summed E-state index contributed by atoms with van der Waals surface area (Å²) in [5.74, 6) is 0.0734. The van der Waals surface area contributed by atoms with E-state index >= 15 is 0 Å². The third kappa shape index (κ3) is 4.57. The summed E-state index contributed by atoms with van der Waals surface area (Å²) in [5, 5.41) is 3.04. The number of imidazole rings is 1. The van der Waals surface area contributed by atoms with Crippen LogP contribution in [0.15, 0.2) is 18.3 Å². The minimum atomic E-state index is 0.0734. The Morgan fingerprint density at radius 3 is 2.71 bits per heavy atom. The van der Waals surface area contributed by atoms with Gasteiger partial charge < -0.3 is 14.6 Å². The van der Waals surface area contributed by atoms with Gasteiger partial charge in [0.05, 0.1) is 17.8 Å². The van der Waals surface area contributed by atoms with Crippen LogP contribution in [0.3, 0.4) is 0 Å². The molecule has 1 N–H and O–H groups in total. The zero-order chi connectivity index (χ0) is 17.5. The molecule has 0 aromatic carbocycles. The van der Waals surface area contributed by atoms with Gasteiger partial charge in [0.1, 0.15) is 5.65 Å². The molecule has 2 aromatic heterocycles. The van der Waals surface area contributed by atoms with Gasteiger partial charge in [-0.15, -0.1) is 0 Å². The van der Waals surface area contributed by atoms with E-state index in [1.54, 1.807) is 0 Å². The Bertz CT molecular complexity index is 673. The summed E-state index contributed by atoms with van der Waals surface area (Å²) < 4.78 is 2.03. The fourth-order valence-electron chi connectivity index (χ4n) is 3.02. The number of fused-ring (bicyclic) bond motifs is 1. The Morgan fingerprint density at radius 2 is 2.00 bits per heavy atom. The first-order valence-electron chi connectivity index (χ1n) is 8.99. The summed E-state index contributed by atoms with van der Waals surface area (Å²) in [4.78, 5) is 19.2. The average molecular weight is 330 g/mol. The molecular formula is C19H30N4O. The summed E-state index contributed by atoms with van der Waals surface area (Å²) in [6.45, 7) is 12.4. The van der Waals surface area contributed by atoms with Crippen LogP contribution in [0.1, 0.15) is 43.6 Å². The van der Waals surface area contributed by atoms with Crippen LogP contribution in [0.4, 0.5) is 0 Å². The van der Waals surface area contributed by atoms with Gasteiger partial charge >= 0.3 is 0 Å². The zero-order valence-corrected chi connectivity index (χ0v) is 15.4. The molecule has 1 amide bonds. The normalized spacial score (nSPS) is 11.4. The highest BCUT2D eigenvalue weighted by Crippen LogP contribution is 2.15. The van der Waals surface area contributed by atoms with E-state index in [0.717, 1.165) is 61.6 Å². The van der Waals surface area contributed by atoms with Crippen LogP contribution in [-0.2, 0) is 11.2 Å². The van der Waals surface area contributed by atoms with Gasteiger partial charge in [0.15, 0.2) is 0 Å². The molecule has 5 nitrogen and oxygen atoms in total. The minimum absolute atomic E-state index is 0.0734. The van der Waals surface area contributed by atoms with Crippen LogP contribution in [0, 0.1) is 13.8 Å². The van der Waals surface area contributed by atoms with Crippen molar-refractivity contribution in [3.63, 3.8) is 0 Å². The summed E-state index contributed by atoms with van der Waals surface area (Å²) in [7, 11) is 0. The van der Waals surface area contributed by atoms with Crippen molar-refractivity contribution in [3.8, 4) is 0 Å². The van der Waals surface area contributed by atoms with Gasteiger partial charge in [-0.3, -0.25) is 4.79 Å². The predicted molar refractivity (Wildman–Crippen MR) is 98.4 cm³/mol. The van der Waals surface area contributed by atoms with Crippen molar-refractivity contribution >= 4 is 11.6 Å². The number of carbonyl (C=O) groups excluding carboxylic acids is 1. The van der Waals surface area contributed by atoms with E-state index in [0.29, 0.717) is 6.42 Å². The topological polar surface area (TPSA) is 49.6 Å². The fourth-order valence-corrected chi connectivity index (χ4v) is 3.02. The zero-order valence-electron chi connectivity index (χ0n) is 15.4. The molecule has 2 rings (SSSR count). The van der Waals surface area contributed by atoms with Crippen molar-refractivity contribution in [2.45, 2.75) is 47.0 Å². The molecule has 0 aliphatic heterocycles. The number of carbonyl (C=O) groups is 1. The van der Waals surface area contributed by atoms with Gasteiger partial charge in [-0.05, 0) is 58.0 Å². The van der Waals surface area contributed by atoms with Crippen LogP contribution in [0.25, 0.3) is 5.65 Å². The van der Waals surface area contributed by atoms with E-state index in [1.807, 2.05) is 36.6 Å². The molecule has 0 fully saturated rings. The van der Waals surface area contributed by atoms with E-state index in [1.165, 1.54) is 0 Å². The fraction of sp³-hybridized carbons (Fsp3) is 0.579. The molecule has 24 heavy (non-hydrogen) atoms. The Balaban J connectivity index is 1.83. The quantitative estimate of drug-likeness (QED) is 0.719. The second-order valence-corrected chi connectivity index (χ2v) is 6.29. The highest BCUT2D eigenvalue weighted by molar-refractivity contribution is 5.78. The highest BCUT2D eigenvalue weighted by Gasteiger charge is 2.13. The van der Waals surface area contributed by atoms with E-state index in [9.17, 15) is 4.79 Å². The first-order valence-corrected chi connectivity index (χ1v) is 8.99. The molecular weight excluding hydrogens is 300 g/mol. The molecule has 0 saturated heterocycles. The van der Waals surface area contributed by atoms with E-state index in [4.69, 9.17) is 0 Å². The maximum Gasteiger partial charge on any atom is 0.226 e. The van der Waals surface area contributed by atoms with Gasteiger partial charge in [0, 0.05) is 12.7 Å². The summed E-state index contributed by atoms with van der Waals surface area (Å²) in [6.07, 6.45) is 4.50. The number of aryl methyl sites for hydroxylation is 2. The molecule has 0 aliphatic rings. The Kier molecular flexibility index (Phi) is 6.79. The SMILES string of the molecule is CCN(CC)CCCCNC(=O)Cc1c(C)nc2c(C)cccn12. The Morgan fingerprint density at radius 1 is 1.25 bits per heavy atom. The Hall–Kier alpha value is -1.88. The summed E-state index contributed by atoms with van der Waals surface area (Å²) >= 11 is 0. The lowest BCUT2D eigenvalue weighted by Crippen LogP contribution is -2.28. The van der Waals surface area contributed by atoms with Crippen molar-refractivity contribution in [1.82, 2.24) is 19.6 Å². The molecule has 0 saturated carbocycles. The first kappa shape index (κ1) is 18.5. The average Bonchev–Trinajstić information content (AvgIpc) is 2.88. The molecule has 2 heterocycles. The Labute approximate surface area is 145 Å².